The molecule has 150 valence electrons. The van der Waals surface area contributed by atoms with Gasteiger partial charge in [0.2, 0.25) is 0 Å². The molecule has 3 aliphatic carbocycles. The zero-order chi connectivity index (χ0) is 18.5. The quantitative estimate of drug-likeness (QED) is 0.407. The minimum Gasteiger partial charge on any atom is -0.244 e. The molecular formula is C22H35F2ORe. The third-order valence-corrected chi connectivity index (χ3v) is 8.33. The van der Waals surface area contributed by atoms with Gasteiger partial charge in [0.1, 0.15) is 6.17 Å². The van der Waals surface area contributed by atoms with E-state index in [-0.39, 0.29) is 5.92 Å². The van der Waals surface area contributed by atoms with Gasteiger partial charge in [-0.3, -0.25) is 0 Å². The van der Waals surface area contributed by atoms with E-state index in [0.29, 0.717) is 12.3 Å². The molecule has 0 N–H and O–H groups in total. The average molecular weight is 540 g/mol. The van der Waals surface area contributed by atoms with Gasteiger partial charge in [0.25, 0.3) is 0 Å². The van der Waals surface area contributed by atoms with Gasteiger partial charge in [0.05, 0.1) is 6.10 Å². The molecule has 0 amide bonds. The van der Waals surface area contributed by atoms with Crippen LogP contribution in [0.4, 0.5) is 8.78 Å². The summed E-state index contributed by atoms with van der Waals surface area (Å²) in [6.07, 6.45) is 12.1. The molecule has 0 aliphatic heterocycles. The van der Waals surface area contributed by atoms with E-state index in [1.807, 2.05) is 0 Å². The number of allylic oxidation sites excluding steroid dienone is 1. The zero-order valence-electron chi connectivity index (χ0n) is 16.1. The summed E-state index contributed by atoms with van der Waals surface area (Å²) in [7, 11) is 1.50. The van der Waals surface area contributed by atoms with Crippen LogP contribution in [-0.2, 0) is 23.9 Å². The van der Waals surface area contributed by atoms with Crippen molar-refractivity contribution in [3.8, 4) is 0 Å². The summed E-state index contributed by atoms with van der Waals surface area (Å²) >= 11 is 1.74. The van der Waals surface area contributed by atoms with Crippen molar-refractivity contribution in [3.63, 3.8) is 0 Å². The van der Waals surface area contributed by atoms with Gasteiger partial charge >= 0.3 is 117 Å². The van der Waals surface area contributed by atoms with E-state index in [1.165, 1.54) is 52.1 Å². The zero-order valence-corrected chi connectivity index (χ0v) is 18.8. The van der Waals surface area contributed by atoms with Gasteiger partial charge in [0.15, 0.2) is 6.17 Å². The largest absolute Gasteiger partial charge is 0.244 e. The first-order chi connectivity index (χ1) is 12.6. The normalized spacial score (nSPS) is 45.1. The molecule has 1 nitrogen and oxygen atoms in total. The number of hydrogen-bond donors (Lipinski definition) is 0. The van der Waals surface area contributed by atoms with E-state index >= 15 is 0 Å². The van der Waals surface area contributed by atoms with Crippen molar-refractivity contribution >= 4 is 0 Å². The Morgan fingerprint density at radius 2 is 1.38 bits per heavy atom. The Bertz CT molecular complexity index is 441. The Balaban J connectivity index is 1.43. The molecule has 0 aromatic carbocycles. The molecule has 0 radical (unpaired) electrons. The summed E-state index contributed by atoms with van der Waals surface area (Å²) in [6, 6.07) is 0. The first kappa shape index (κ1) is 20.9. The van der Waals surface area contributed by atoms with Gasteiger partial charge in [0, 0.05) is 7.11 Å². The molecule has 26 heavy (non-hydrogen) atoms. The van der Waals surface area contributed by atoms with E-state index in [2.05, 4.69) is 10.6 Å². The molecule has 4 heteroatoms. The van der Waals surface area contributed by atoms with Crippen LogP contribution in [0.2, 0.25) is 0 Å². The Labute approximate surface area is 169 Å². The third-order valence-electron chi connectivity index (χ3n) is 7.69. The second-order valence-corrected chi connectivity index (χ2v) is 9.86. The van der Waals surface area contributed by atoms with E-state index in [0.717, 1.165) is 37.0 Å². The first-order valence-corrected chi connectivity index (χ1v) is 12.3. The second-order valence-electron chi connectivity index (χ2n) is 8.96. The van der Waals surface area contributed by atoms with Crippen LogP contribution >= 0.6 is 0 Å². The fourth-order valence-corrected chi connectivity index (χ4v) is 6.41. The number of rotatable bonds is 5. The van der Waals surface area contributed by atoms with Crippen molar-refractivity contribution in [2.75, 3.05) is 7.11 Å². The maximum absolute atomic E-state index is 14.6. The number of halogens is 2. The molecule has 0 heterocycles. The van der Waals surface area contributed by atoms with Crippen LogP contribution in [0.15, 0.2) is 10.6 Å². The topological polar surface area (TPSA) is 9.23 Å². The minimum absolute atomic E-state index is 0.0738. The van der Waals surface area contributed by atoms with Crippen molar-refractivity contribution in [1.82, 2.24) is 0 Å². The van der Waals surface area contributed by atoms with E-state index < -0.39 is 18.4 Å². The maximum Gasteiger partial charge on any atom is 0.157 e. The van der Waals surface area contributed by atoms with E-state index in [4.69, 9.17) is 4.74 Å². The number of methoxy groups -OCH3 is 1. The fraction of sp³-hybridized carbons (Fsp3) is 0.909. The van der Waals surface area contributed by atoms with Gasteiger partial charge in [-0.05, 0) is 12.8 Å². The van der Waals surface area contributed by atoms with Crippen molar-refractivity contribution in [2.45, 2.75) is 89.1 Å². The van der Waals surface area contributed by atoms with Crippen LogP contribution < -0.4 is 0 Å². The Kier molecular flexibility index (Phi) is 8.16. The number of hydrogen-bond acceptors (Lipinski definition) is 1. The van der Waals surface area contributed by atoms with Gasteiger partial charge in [-0.1, -0.05) is 0 Å². The minimum atomic E-state index is -1.43. The van der Waals surface area contributed by atoms with Gasteiger partial charge in [-0.2, -0.15) is 0 Å². The molecular weight excluding hydrogens is 504 g/mol. The second kappa shape index (κ2) is 10.1. The van der Waals surface area contributed by atoms with E-state index in [9.17, 15) is 8.78 Å². The molecule has 3 rings (SSSR count). The summed E-state index contributed by atoms with van der Waals surface area (Å²) in [6.45, 7) is 0. The fourth-order valence-electron chi connectivity index (χ4n) is 6.04. The van der Waals surface area contributed by atoms with Crippen LogP contribution in [0.1, 0.15) is 70.6 Å². The van der Waals surface area contributed by atoms with Crippen LogP contribution in [-0.4, -0.2) is 25.6 Å². The molecule has 4 atom stereocenters. The van der Waals surface area contributed by atoms with Gasteiger partial charge in [-0.25, -0.2) is 8.78 Å². The molecule has 3 fully saturated rings. The van der Waals surface area contributed by atoms with Crippen LogP contribution in [0.3, 0.4) is 0 Å². The molecule has 3 saturated carbocycles. The predicted octanol–water partition coefficient (Wildman–Crippen LogP) is 6.15. The van der Waals surface area contributed by atoms with Crippen LogP contribution in [0.5, 0.6) is 0 Å². The molecule has 4 unspecified atom stereocenters. The Morgan fingerprint density at radius 1 is 0.808 bits per heavy atom. The monoisotopic (exact) mass is 540 g/mol. The number of ether oxygens (including phenoxy) is 1. The van der Waals surface area contributed by atoms with Crippen molar-refractivity contribution in [3.05, 3.63) is 10.6 Å². The Morgan fingerprint density at radius 3 is 1.96 bits per heavy atom. The standard InChI is InChI=1S/C22H35F2O.Re/c1-3-4-15-5-7-16(8-6-15)17-9-11-18(12-10-17)19-13-14-20(25-2)22(24)21(19)23;/h1,3,15-22H,4-14H2,2H3;. The van der Waals surface area contributed by atoms with Crippen molar-refractivity contribution in [2.24, 2.45) is 29.6 Å². The summed E-state index contributed by atoms with van der Waals surface area (Å²) in [5, 5.41) is 0. The summed E-state index contributed by atoms with van der Waals surface area (Å²) in [5.74, 6) is 2.95. The smallest absolute Gasteiger partial charge is 0.157 e. The van der Waals surface area contributed by atoms with Crippen molar-refractivity contribution in [1.29, 1.82) is 0 Å². The Hall–Kier alpha value is 0.222. The maximum atomic E-state index is 14.6. The predicted molar refractivity (Wildman–Crippen MR) is 98.0 cm³/mol. The summed E-state index contributed by atoms with van der Waals surface area (Å²) < 4.78 is 36.2. The first-order valence-electron chi connectivity index (χ1n) is 10.7. The van der Waals surface area contributed by atoms with Crippen molar-refractivity contribution < 1.29 is 32.7 Å². The molecule has 0 aromatic heterocycles. The molecule has 3 aliphatic rings. The molecule has 0 spiro atoms. The molecule has 0 saturated heterocycles. The average Bonchev–Trinajstić information content (AvgIpc) is 2.69. The summed E-state index contributed by atoms with van der Waals surface area (Å²) in [5.41, 5.74) is 0. The molecule has 0 aromatic rings. The van der Waals surface area contributed by atoms with Gasteiger partial charge in [-0.15, -0.1) is 0 Å². The van der Waals surface area contributed by atoms with Crippen LogP contribution in [0.25, 0.3) is 0 Å². The number of alkyl halides is 2. The van der Waals surface area contributed by atoms with E-state index in [1.54, 1.807) is 19.2 Å². The molecule has 0 bridgehead atoms. The third kappa shape index (κ3) is 4.98. The summed E-state index contributed by atoms with van der Waals surface area (Å²) in [4.78, 5) is 0. The van der Waals surface area contributed by atoms with Gasteiger partial charge < -0.3 is 4.74 Å². The van der Waals surface area contributed by atoms with Crippen LogP contribution in [0, 0.1) is 29.6 Å². The SMILES string of the molecule is COC1CCC(C2CCC(C3CCC(C/C=[CH]/[Re])CC3)CC2)C(F)C1F.